The van der Waals surface area contributed by atoms with Gasteiger partial charge in [-0.3, -0.25) is 9.59 Å². The van der Waals surface area contributed by atoms with Gasteiger partial charge in [0.25, 0.3) is 0 Å². The van der Waals surface area contributed by atoms with Gasteiger partial charge in [0.05, 0.1) is 25.1 Å². The highest BCUT2D eigenvalue weighted by atomic mass is 16.5. The number of ether oxygens (including phenoxy) is 1. The van der Waals surface area contributed by atoms with E-state index in [1.165, 1.54) is 7.11 Å². The molecule has 11 heteroatoms. The molecule has 41 heavy (non-hydrogen) atoms. The molecule has 0 aliphatic carbocycles. The Morgan fingerprint density at radius 2 is 1.66 bits per heavy atom. The van der Waals surface area contributed by atoms with E-state index >= 15 is 0 Å². The number of aliphatic carboxylic acids is 1. The van der Waals surface area contributed by atoms with E-state index in [0.29, 0.717) is 56.1 Å². The van der Waals surface area contributed by atoms with Crippen molar-refractivity contribution < 1.29 is 29.0 Å². The third-order valence-corrected chi connectivity index (χ3v) is 7.75. The van der Waals surface area contributed by atoms with E-state index < -0.39 is 17.9 Å². The number of aryl methyl sites for hydroxylation is 1. The molecule has 4 rings (SSSR count). The van der Waals surface area contributed by atoms with Crippen molar-refractivity contribution in [1.29, 1.82) is 0 Å². The van der Waals surface area contributed by atoms with Gasteiger partial charge >= 0.3 is 18.0 Å². The number of amides is 5. The van der Waals surface area contributed by atoms with Crippen LogP contribution in [0.2, 0.25) is 0 Å². The van der Waals surface area contributed by atoms with Crippen molar-refractivity contribution in [2.45, 2.75) is 51.5 Å². The molecule has 2 saturated heterocycles. The first-order chi connectivity index (χ1) is 19.7. The van der Waals surface area contributed by atoms with Crippen LogP contribution in [0.4, 0.5) is 21.0 Å². The molecule has 2 fully saturated rings. The minimum absolute atomic E-state index is 0.0477. The van der Waals surface area contributed by atoms with Gasteiger partial charge in [-0.1, -0.05) is 24.3 Å². The van der Waals surface area contributed by atoms with Gasteiger partial charge in [-0.25, -0.2) is 9.59 Å². The molecule has 2 aliphatic heterocycles. The normalized spacial score (nSPS) is 17.8. The lowest BCUT2D eigenvalue weighted by Gasteiger charge is -2.32. The molecule has 1 atom stereocenters. The summed E-state index contributed by atoms with van der Waals surface area (Å²) in [5.74, 6) is -0.809. The summed E-state index contributed by atoms with van der Waals surface area (Å²) in [6.45, 7) is 3.78. The number of benzene rings is 2. The summed E-state index contributed by atoms with van der Waals surface area (Å²) in [6, 6.07) is 12.0. The van der Waals surface area contributed by atoms with E-state index in [1.54, 1.807) is 28.0 Å². The van der Waals surface area contributed by atoms with Gasteiger partial charge in [0, 0.05) is 37.9 Å². The van der Waals surface area contributed by atoms with Crippen LogP contribution in [-0.4, -0.2) is 78.2 Å². The second kappa shape index (κ2) is 13.9. The van der Waals surface area contributed by atoms with E-state index in [0.717, 1.165) is 30.4 Å². The lowest BCUT2D eigenvalue weighted by molar-refractivity contribution is -0.143. The zero-order valence-electron chi connectivity index (χ0n) is 23.7. The molecule has 1 unspecified atom stereocenters. The van der Waals surface area contributed by atoms with E-state index in [-0.39, 0.29) is 24.4 Å². The number of carboxylic acid groups (broad SMARTS) is 1. The first-order valence-electron chi connectivity index (χ1n) is 14.1. The number of piperidine rings is 1. The maximum Gasteiger partial charge on any atom is 0.323 e. The maximum absolute atomic E-state index is 13.3. The van der Waals surface area contributed by atoms with Crippen molar-refractivity contribution in [3.05, 3.63) is 53.6 Å². The predicted molar refractivity (Wildman–Crippen MR) is 155 cm³/mol. The molecule has 2 aromatic rings. The lowest BCUT2D eigenvalue weighted by atomic mass is 9.97. The number of para-hydroxylation sites is 1. The zero-order chi connectivity index (χ0) is 29.4. The highest BCUT2D eigenvalue weighted by molar-refractivity contribution is 6.01. The number of carboxylic acids is 1. The molecular weight excluding hydrogens is 526 g/mol. The molecule has 2 aromatic carbocycles. The summed E-state index contributed by atoms with van der Waals surface area (Å²) in [5, 5.41) is 17.9. The van der Waals surface area contributed by atoms with Crippen molar-refractivity contribution in [1.82, 2.24) is 15.1 Å². The van der Waals surface area contributed by atoms with Crippen LogP contribution in [0.5, 0.6) is 5.75 Å². The Hall–Kier alpha value is -4.28. The number of nitrogens with one attached hydrogen (secondary N) is 3. The number of hydrogen-bond acceptors (Lipinski definition) is 5. The minimum Gasteiger partial charge on any atom is -0.495 e. The fourth-order valence-corrected chi connectivity index (χ4v) is 5.31. The number of nitrogens with zero attached hydrogens (tertiary/aromatic N) is 2. The Kier molecular flexibility index (Phi) is 10.0. The molecule has 2 heterocycles. The molecule has 5 amide bonds. The molecule has 220 valence electrons. The second-order valence-electron chi connectivity index (χ2n) is 10.7. The van der Waals surface area contributed by atoms with Gasteiger partial charge in [-0.2, -0.15) is 0 Å². The van der Waals surface area contributed by atoms with E-state index in [1.807, 2.05) is 31.2 Å². The molecule has 0 aromatic heterocycles. The Labute approximate surface area is 240 Å². The number of methoxy groups -OCH3 is 1. The van der Waals surface area contributed by atoms with Gasteiger partial charge in [0.15, 0.2) is 0 Å². The molecule has 2 aliphatic rings. The van der Waals surface area contributed by atoms with Crippen molar-refractivity contribution in [3.8, 4) is 5.75 Å². The minimum atomic E-state index is -0.810. The summed E-state index contributed by atoms with van der Waals surface area (Å²) in [4.78, 5) is 53.3. The molecule has 0 bridgehead atoms. The first-order valence-corrected chi connectivity index (χ1v) is 14.1. The van der Waals surface area contributed by atoms with Crippen LogP contribution in [0.25, 0.3) is 0 Å². The van der Waals surface area contributed by atoms with E-state index in [9.17, 15) is 24.3 Å². The maximum atomic E-state index is 13.3. The molecule has 0 saturated carbocycles. The Morgan fingerprint density at radius 3 is 2.37 bits per heavy atom. The molecular formula is C30H39N5O6. The highest BCUT2D eigenvalue weighted by Crippen LogP contribution is 2.27. The number of urea groups is 2. The molecule has 0 radical (unpaired) electrons. The second-order valence-corrected chi connectivity index (χ2v) is 10.7. The average Bonchev–Trinajstić information content (AvgIpc) is 3.20. The SMILES string of the molecule is COc1cc(CC(=O)N2CCCCC(NC(=O)N3CCC(C(=O)O)CC3)C2)ccc1NC(=O)Nc1ccccc1C. The number of hydrogen-bond donors (Lipinski definition) is 4. The number of carbonyl (C=O) groups excluding carboxylic acids is 3. The van der Waals surface area contributed by atoms with Gasteiger partial charge in [0.1, 0.15) is 5.75 Å². The Bertz CT molecular complexity index is 1260. The number of rotatable bonds is 7. The van der Waals surface area contributed by atoms with Crippen molar-refractivity contribution in [2.24, 2.45) is 5.92 Å². The summed E-state index contributed by atoms with van der Waals surface area (Å²) in [6.07, 6.45) is 3.59. The van der Waals surface area contributed by atoms with Crippen LogP contribution in [0.1, 0.15) is 43.2 Å². The number of carbonyl (C=O) groups is 4. The van der Waals surface area contributed by atoms with Crippen LogP contribution in [0, 0.1) is 12.8 Å². The van der Waals surface area contributed by atoms with Gasteiger partial charge in [-0.15, -0.1) is 0 Å². The molecule has 0 spiro atoms. The van der Waals surface area contributed by atoms with Crippen LogP contribution in [0.15, 0.2) is 42.5 Å². The number of likely N-dealkylation sites (tertiary alicyclic amines) is 2. The summed E-state index contributed by atoms with van der Waals surface area (Å²) in [7, 11) is 1.51. The third-order valence-electron chi connectivity index (χ3n) is 7.75. The highest BCUT2D eigenvalue weighted by Gasteiger charge is 2.29. The third kappa shape index (κ3) is 8.12. The molecule has 4 N–H and O–H groups in total. The van der Waals surface area contributed by atoms with Gasteiger partial charge in [-0.05, 0) is 68.4 Å². The topological polar surface area (TPSA) is 140 Å². The van der Waals surface area contributed by atoms with Crippen LogP contribution < -0.4 is 20.7 Å². The summed E-state index contributed by atoms with van der Waals surface area (Å²) in [5.41, 5.74) is 2.89. The monoisotopic (exact) mass is 565 g/mol. The first kappa shape index (κ1) is 29.7. The standard InChI is InChI=1S/C30H39N5O6/c1-20-7-3-4-9-24(20)32-29(39)33-25-11-10-21(17-26(25)41-2)18-27(36)35-14-6-5-8-23(19-35)31-30(40)34-15-12-22(13-16-34)28(37)38/h3-4,7,9-11,17,22-23H,5-6,8,12-16,18-19H2,1-2H3,(H,31,40)(H,37,38)(H2,32,33,39). The quantitative estimate of drug-likeness (QED) is 0.399. The summed E-state index contributed by atoms with van der Waals surface area (Å²) < 4.78 is 5.49. The van der Waals surface area contributed by atoms with E-state index in [4.69, 9.17) is 4.74 Å². The zero-order valence-corrected chi connectivity index (χ0v) is 23.7. The van der Waals surface area contributed by atoms with E-state index in [2.05, 4.69) is 16.0 Å². The van der Waals surface area contributed by atoms with Gasteiger partial charge < -0.3 is 35.6 Å². The van der Waals surface area contributed by atoms with Crippen molar-refractivity contribution >= 4 is 35.3 Å². The number of anilines is 2. The fourth-order valence-electron chi connectivity index (χ4n) is 5.31. The van der Waals surface area contributed by atoms with Gasteiger partial charge in [0.2, 0.25) is 5.91 Å². The predicted octanol–water partition coefficient (Wildman–Crippen LogP) is 4.08. The summed E-state index contributed by atoms with van der Waals surface area (Å²) >= 11 is 0. The van der Waals surface area contributed by atoms with Crippen molar-refractivity contribution in [2.75, 3.05) is 43.9 Å². The largest absolute Gasteiger partial charge is 0.495 e. The Balaban J connectivity index is 1.32. The average molecular weight is 566 g/mol. The lowest BCUT2D eigenvalue weighted by Crippen LogP contribution is -2.51. The van der Waals surface area contributed by atoms with Crippen LogP contribution in [0.3, 0.4) is 0 Å². The van der Waals surface area contributed by atoms with Crippen LogP contribution in [-0.2, 0) is 16.0 Å². The Morgan fingerprint density at radius 1 is 0.927 bits per heavy atom. The fraction of sp³-hybridized carbons (Fsp3) is 0.467. The smallest absolute Gasteiger partial charge is 0.323 e. The van der Waals surface area contributed by atoms with Crippen molar-refractivity contribution in [3.63, 3.8) is 0 Å². The van der Waals surface area contributed by atoms with Crippen LogP contribution >= 0.6 is 0 Å². The molecule has 11 nitrogen and oxygen atoms in total.